The molecule has 1 unspecified atom stereocenters. The minimum absolute atomic E-state index is 0.522. The van der Waals surface area contributed by atoms with Gasteiger partial charge in [0.2, 0.25) is 0 Å². The summed E-state index contributed by atoms with van der Waals surface area (Å²) in [6.45, 7) is 3.11. The lowest BCUT2D eigenvalue weighted by Crippen LogP contribution is -2.41. The van der Waals surface area contributed by atoms with Crippen LogP contribution < -0.4 is 10.6 Å². The van der Waals surface area contributed by atoms with Gasteiger partial charge in [0, 0.05) is 35.2 Å². The lowest BCUT2D eigenvalue weighted by atomic mass is 10.2. The fourth-order valence-corrected chi connectivity index (χ4v) is 4.23. The molecule has 0 amide bonds. The van der Waals surface area contributed by atoms with Crippen LogP contribution in [0.1, 0.15) is 5.56 Å². The molecule has 1 saturated heterocycles. The average molecular weight is 316 g/mol. The van der Waals surface area contributed by atoms with Crippen molar-refractivity contribution in [1.29, 1.82) is 0 Å². The van der Waals surface area contributed by atoms with Crippen LogP contribution in [0.25, 0.3) is 0 Å². The van der Waals surface area contributed by atoms with Crippen molar-refractivity contribution in [3.63, 3.8) is 0 Å². The van der Waals surface area contributed by atoms with Gasteiger partial charge in [-0.05, 0) is 23.8 Å². The first kappa shape index (κ1) is 15.0. The predicted octanol–water partition coefficient (Wildman–Crippen LogP) is 3.59. The molecular weight excluding hydrogens is 296 g/mol. The second-order valence-corrected chi connectivity index (χ2v) is 7.39. The normalized spacial score (nSPS) is 18.6. The van der Waals surface area contributed by atoms with Crippen molar-refractivity contribution in [2.24, 2.45) is 0 Å². The molecule has 1 heterocycles. The predicted molar refractivity (Wildman–Crippen MR) is 93.0 cm³/mol. The third kappa shape index (κ3) is 4.51. The third-order valence-corrected chi connectivity index (χ3v) is 5.69. The van der Waals surface area contributed by atoms with Gasteiger partial charge in [-0.15, -0.1) is 11.8 Å². The maximum Gasteiger partial charge on any atom is 0.0661 e. The second kappa shape index (κ2) is 7.90. The van der Waals surface area contributed by atoms with Crippen LogP contribution in [0.3, 0.4) is 0 Å². The van der Waals surface area contributed by atoms with Crippen molar-refractivity contribution in [1.82, 2.24) is 10.6 Å². The zero-order valence-corrected chi connectivity index (χ0v) is 13.6. The van der Waals surface area contributed by atoms with Crippen LogP contribution in [0.5, 0.6) is 0 Å². The molecule has 1 aliphatic heterocycles. The SMILES string of the molecule is c1ccc(Sc2ccccc2CNC2CNCCS2)cc1. The Bertz CT molecular complexity index is 554. The molecular formula is C17H20N2S2. The van der Waals surface area contributed by atoms with Gasteiger partial charge in [-0.25, -0.2) is 0 Å². The lowest BCUT2D eigenvalue weighted by molar-refractivity contribution is 0.575. The van der Waals surface area contributed by atoms with Crippen molar-refractivity contribution in [3.8, 4) is 0 Å². The van der Waals surface area contributed by atoms with Crippen LogP contribution in [0, 0.1) is 0 Å². The molecule has 0 aliphatic carbocycles. The Morgan fingerprint density at radius 3 is 2.71 bits per heavy atom. The van der Waals surface area contributed by atoms with Crippen LogP contribution in [0.15, 0.2) is 64.4 Å². The smallest absolute Gasteiger partial charge is 0.0661 e. The average Bonchev–Trinajstić information content (AvgIpc) is 2.56. The van der Waals surface area contributed by atoms with E-state index in [2.05, 4.69) is 65.2 Å². The van der Waals surface area contributed by atoms with Gasteiger partial charge >= 0.3 is 0 Å². The number of hydrogen-bond acceptors (Lipinski definition) is 4. The molecule has 4 heteroatoms. The molecule has 2 aromatic carbocycles. The number of benzene rings is 2. The summed E-state index contributed by atoms with van der Waals surface area (Å²) >= 11 is 3.85. The minimum Gasteiger partial charge on any atom is -0.314 e. The van der Waals surface area contributed by atoms with Crippen LogP contribution in [-0.4, -0.2) is 24.2 Å². The van der Waals surface area contributed by atoms with Gasteiger partial charge in [-0.2, -0.15) is 0 Å². The maximum absolute atomic E-state index is 3.65. The third-order valence-electron chi connectivity index (χ3n) is 3.39. The standard InChI is InChI=1S/C17H20N2S2/c1-2-7-15(8-3-1)21-16-9-5-4-6-14(16)12-19-17-13-18-10-11-20-17/h1-9,17-19H,10-13H2. The molecule has 110 valence electrons. The molecule has 3 rings (SSSR count). The Balaban J connectivity index is 1.64. The Morgan fingerprint density at radius 1 is 1.10 bits per heavy atom. The van der Waals surface area contributed by atoms with Gasteiger partial charge in [0.1, 0.15) is 0 Å². The molecule has 1 fully saturated rings. The van der Waals surface area contributed by atoms with Gasteiger partial charge in [-0.3, -0.25) is 0 Å². The molecule has 2 nitrogen and oxygen atoms in total. The van der Waals surface area contributed by atoms with Gasteiger partial charge in [-0.1, -0.05) is 48.2 Å². The molecule has 0 spiro atoms. The quantitative estimate of drug-likeness (QED) is 0.880. The number of hydrogen-bond donors (Lipinski definition) is 2. The van der Waals surface area contributed by atoms with E-state index < -0.39 is 0 Å². The van der Waals surface area contributed by atoms with E-state index in [1.165, 1.54) is 21.1 Å². The first-order chi connectivity index (χ1) is 10.4. The summed E-state index contributed by atoms with van der Waals surface area (Å²) in [5, 5.41) is 7.61. The van der Waals surface area contributed by atoms with Crippen LogP contribution in [0.2, 0.25) is 0 Å². The van der Waals surface area contributed by atoms with Crippen molar-refractivity contribution in [3.05, 3.63) is 60.2 Å². The van der Waals surface area contributed by atoms with Crippen molar-refractivity contribution >= 4 is 23.5 Å². The zero-order chi connectivity index (χ0) is 14.3. The molecule has 2 aromatic rings. The van der Waals surface area contributed by atoms with E-state index in [0.717, 1.165) is 19.6 Å². The highest BCUT2D eigenvalue weighted by Crippen LogP contribution is 2.30. The Morgan fingerprint density at radius 2 is 1.90 bits per heavy atom. The van der Waals surface area contributed by atoms with Gasteiger partial charge in [0.15, 0.2) is 0 Å². The summed E-state index contributed by atoms with van der Waals surface area (Å²) in [6, 6.07) is 19.2. The highest BCUT2D eigenvalue weighted by atomic mass is 32.2. The minimum atomic E-state index is 0.522. The molecule has 0 bridgehead atoms. The van der Waals surface area contributed by atoms with E-state index in [9.17, 15) is 0 Å². The number of thioether (sulfide) groups is 1. The lowest BCUT2D eigenvalue weighted by Gasteiger charge is -2.24. The number of rotatable bonds is 5. The van der Waals surface area contributed by atoms with E-state index in [0.29, 0.717) is 5.37 Å². The summed E-state index contributed by atoms with van der Waals surface area (Å²) in [7, 11) is 0. The summed E-state index contributed by atoms with van der Waals surface area (Å²) in [6.07, 6.45) is 0. The molecule has 1 aliphatic rings. The molecule has 0 aromatic heterocycles. The van der Waals surface area contributed by atoms with Crippen molar-refractivity contribution in [2.75, 3.05) is 18.8 Å². The summed E-state index contributed by atoms with van der Waals surface area (Å²) in [5.41, 5.74) is 1.37. The summed E-state index contributed by atoms with van der Waals surface area (Å²) in [5.74, 6) is 1.19. The zero-order valence-electron chi connectivity index (χ0n) is 11.9. The Hall–Kier alpha value is -0.940. The van der Waals surface area contributed by atoms with E-state index in [-0.39, 0.29) is 0 Å². The van der Waals surface area contributed by atoms with Crippen LogP contribution in [0.4, 0.5) is 0 Å². The van der Waals surface area contributed by atoms with Gasteiger partial charge in [0.05, 0.1) is 5.37 Å². The molecule has 1 atom stereocenters. The largest absolute Gasteiger partial charge is 0.314 e. The van der Waals surface area contributed by atoms with E-state index in [1.54, 1.807) is 0 Å². The Kier molecular flexibility index (Phi) is 5.63. The number of nitrogens with one attached hydrogen (secondary N) is 2. The highest BCUT2D eigenvalue weighted by molar-refractivity contribution is 8.00. The highest BCUT2D eigenvalue weighted by Gasteiger charge is 2.13. The molecule has 2 N–H and O–H groups in total. The summed E-state index contributed by atoms with van der Waals surface area (Å²) in [4.78, 5) is 2.63. The van der Waals surface area contributed by atoms with E-state index in [1.807, 2.05) is 23.5 Å². The topological polar surface area (TPSA) is 24.1 Å². The second-order valence-electron chi connectivity index (χ2n) is 4.97. The summed E-state index contributed by atoms with van der Waals surface area (Å²) < 4.78 is 0. The van der Waals surface area contributed by atoms with Crippen LogP contribution >= 0.6 is 23.5 Å². The van der Waals surface area contributed by atoms with Crippen LogP contribution in [-0.2, 0) is 6.54 Å². The fourth-order valence-electron chi connectivity index (χ4n) is 2.29. The van der Waals surface area contributed by atoms with E-state index in [4.69, 9.17) is 0 Å². The van der Waals surface area contributed by atoms with E-state index >= 15 is 0 Å². The molecule has 0 saturated carbocycles. The Labute approximate surface area is 135 Å². The molecule has 21 heavy (non-hydrogen) atoms. The first-order valence-corrected chi connectivity index (χ1v) is 9.15. The van der Waals surface area contributed by atoms with Gasteiger partial charge in [0.25, 0.3) is 0 Å². The van der Waals surface area contributed by atoms with Crippen molar-refractivity contribution in [2.45, 2.75) is 21.7 Å². The monoisotopic (exact) mass is 316 g/mol. The van der Waals surface area contributed by atoms with Crippen molar-refractivity contribution < 1.29 is 0 Å². The first-order valence-electron chi connectivity index (χ1n) is 7.28. The fraction of sp³-hybridized carbons (Fsp3) is 0.294. The molecule has 0 radical (unpaired) electrons. The maximum atomic E-state index is 3.65. The van der Waals surface area contributed by atoms with Gasteiger partial charge < -0.3 is 10.6 Å².